The largest absolute Gasteiger partial charge is 0.444 e. The first-order chi connectivity index (χ1) is 18.9. The number of fused-ring (bicyclic) bond motifs is 2. The van der Waals surface area contributed by atoms with Gasteiger partial charge in [0.2, 0.25) is 0 Å². The van der Waals surface area contributed by atoms with Crippen molar-refractivity contribution in [3.8, 4) is 5.95 Å². The Morgan fingerprint density at radius 2 is 1.93 bits per heavy atom. The van der Waals surface area contributed by atoms with E-state index >= 15 is 0 Å². The zero-order chi connectivity index (χ0) is 28.8. The van der Waals surface area contributed by atoms with Gasteiger partial charge in [-0.1, -0.05) is 18.5 Å². The molecule has 1 amide bonds. The van der Waals surface area contributed by atoms with Crippen molar-refractivity contribution in [2.45, 2.75) is 73.1 Å². The summed E-state index contributed by atoms with van der Waals surface area (Å²) in [6.07, 6.45) is 4.39. The lowest BCUT2D eigenvalue weighted by Gasteiger charge is -2.30. The van der Waals surface area contributed by atoms with Crippen molar-refractivity contribution in [3.05, 3.63) is 63.8 Å². The van der Waals surface area contributed by atoms with Gasteiger partial charge >= 0.3 is 6.09 Å². The van der Waals surface area contributed by atoms with Crippen LogP contribution in [0.25, 0.3) is 16.9 Å². The molecule has 4 heterocycles. The number of amides is 1. The molecular formula is C29H34ClN7O3. The molecule has 0 saturated heterocycles. The van der Waals surface area contributed by atoms with E-state index in [2.05, 4.69) is 10.2 Å². The van der Waals surface area contributed by atoms with E-state index in [0.29, 0.717) is 47.6 Å². The van der Waals surface area contributed by atoms with Gasteiger partial charge in [0.15, 0.2) is 5.78 Å². The molecule has 1 aliphatic heterocycles. The fourth-order valence-corrected chi connectivity index (χ4v) is 5.16. The first-order valence-electron chi connectivity index (χ1n) is 13.5. The highest BCUT2D eigenvalue weighted by atomic mass is 35.5. The van der Waals surface area contributed by atoms with Crippen LogP contribution in [0.5, 0.6) is 0 Å². The van der Waals surface area contributed by atoms with Gasteiger partial charge in [-0.2, -0.15) is 10.2 Å². The summed E-state index contributed by atoms with van der Waals surface area (Å²) in [5, 5.41) is 10.1. The molecule has 3 aromatic heterocycles. The molecule has 0 radical (unpaired) electrons. The quantitative estimate of drug-likeness (QED) is 0.291. The smallest absolute Gasteiger partial charge is 0.410 e. The Morgan fingerprint density at radius 1 is 1.15 bits per heavy atom. The molecule has 1 aliphatic rings. The molecule has 1 unspecified atom stereocenters. The Bertz CT molecular complexity index is 1600. The van der Waals surface area contributed by atoms with Gasteiger partial charge in [-0.05, 0) is 76.8 Å². The molecule has 0 bridgehead atoms. The average molecular weight is 564 g/mol. The van der Waals surface area contributed by atoms with Gasteiger partial charge in [0.25, 0.3) is 5.95 Å². The number of hydrogen-bond donors (Lipinski definition) is 0. The summed E-state index contributed by atoms with van der Waals surface area (Å²) in [6, 6.07) is 5.25. The summed E-state index contributed by atoms with van der Waals surface area (Å²) in [5.74, 6) is -0.198. The maximum absolute atomic E-state index is 13.9. The van der Waals surface area contributed by atoms with Crippen LogP contribution in [0.3, 0.4) is 0 Å². The Hall–Kier alpha value is -3.79. The van der Waals surface area contributed by atoms with Crippen LogP contribution in [-0.4, -0.2) is 58.5 Å². The molecule has 11 heteroatoms. The summed E-state index contributed by atoms with van der Waals surface area (Å²) >= 11 is 6.33. The van der Waals surface area contributed by atoms with Crippen LogP contribution in [0.2, 0.25) is 5.02 Å². The van der Waals surface area contributed by atoms with Crippen LogP contribution < -0.4 is 0 Å². The lowest BCUT2D eigenvalue weighted by Crippen LogP contribution is -2.40. The summed E-state index contributed by atoms with van der Waals surface area (Å²) in [7, 11) is 0. The maximum atomic E-state index is 13.9. The molecule has 0 N–H and O–H groups in total. The van der Waals surface area contributed by atoms with Crippen molar-refractivity contribution >= 4 is 34.4 Å². The number of Topliss-reactive ketones (excluding diaryl/α,β-unsaturated/α-hetero) is 1. The minimum Gasteiger partial charge on any atom is -0.444 e. The summed E-state index contributed by atoms with van der Waals surface area (Å²) in [6.45, 7) is 13.1. The molecule has 1 atom stereocenters. The third-order valence-corrected chi connectivity index (χ3v) is 7.38. The molecule has 0 saturated carbocycles. The van der Waals surface area contributed by atoms with Crippen molar-refractivity contribution in [1.82, 2.24) is 34.4 Å². The van der Waals surface area contributed by atoms with Gasteiger partial charge in [-0.15, -0.1) is 0 Å². The number of carbonyl (C=O) groups is 2. The number of aromatic nitrogens is 6. The highest BCUT2D eigenvalue weighted by molar-refractivity contribution is 6.31. The number of carbonyl (C=O) groups excluding carboxylic acids is 2. The summed E-state index contributed by atoms with van der Waals surface area (Å²) in [5.41, 5.74) is 4.16. The molecule has 0 spiro atoms. The van der Waals surface area contributed by atoms with E-state index < -0.39 is 5.60 Å². The summed E-state index contributed by atoms with van der Waals surface area (Å²) in [4.78, 5) is 37.8. The van der Waals surface area contributed by atoms with Crippen LogP contribution >= 0.6 is 11.6 Å². The Kier molecular flexibility index (Phi) is 7.39. The zero-order valence-corrected chi connectivity index (χ0v) is 24.5. The average Bonchev–Trinajstić information content (AvgIpc) is 3.49. The molecule has 210 valence electrons. The maximum Gasteiger partial charge on any atom is 0.410 e. The molecule has 40 heavy (non-hydrogen) atoms. The number of halogens is 1. The lowest BCUT2D eigenvalue weighted by atomic mass is 9.94. The molecule has 0 fully saturated rings. The number of hydrogen-bond acceptors (Lipinski definition) is 7. The first kappa shape index (κ1) is 27.8. The van der Waals surface area contributed by atoms with Crippen molar-refractivity contribution in [2.75, 3.05) is 6.54 Å². The SMILES string of the molecule is CCn1ncc(CC(C)C(=O)c2nc(-n3ncc4c3CN(C(=O)OC(C)(C)C)CC4)nc3ccc(Cl)cc23)c1C. The third-order valence-electron chi connectivity index (χ3n) is 7.15. The van der Waals surface area contributed by atoms with Crippen LogP contribution in [0, 0.1) is 12.8 Å². The van der Waals surface area contributed by atoms with E-state index in [4.69, 9.17) is 26.3 Å². The van der Waals surface area contributed by atoms with Crippen molar-refractivity contribution in [1.29, 1.82) is 0 Å². The van der Waals surface area contributed by atoms with Crippen molar-refractivity contribution in [2.24, 2.45) is 5.92 Å². The van der Waals surface area contributed by atoms with E-state index in [0.717, 1.165) is 29.1 Å². The highest BCUT2D eigenvalue weighted by Crippen LogP contribution is 2.27. The minimum absolute atomic E-state index is 0.115. The molecular weight excluding hydrogens is 530 g/mol. The van der Waals surface area contributed by atoms with Gasteiger partial charge < -0.3 is 9.64 Å². The standard InChI is InChI=1S/C29H34ClN7O3/c1-7-36-18(3)20(15-31-36)12-17(2)26(38)25-22-13-21(30)8-9-23(22)33-27(34-25)37-24-16-35(11-10-19(24)14-32-37)28(39)40-29(4,5)6/h8-9,13-15,17H,7,10-12,16H2,1-6H3. The lowest BCUT2D eigenvalue weighted by molar-refractivity contribution is 0.0220. The van der Waals surface area contributed by atoms with Gasteiger partial charge in [0.1, 0.15) is 11.3 Å². The normalized spacial score (nSPS) is 14.3. The molecule has 4 aromatic rings. The minimum atomic E-state index is -0.597. The Morgan fingerprint density at radius 3 is 2.62 bits per heavy atom. The number of ketones is 1. The number of nitrogens with zero attached hydrogens (tertiary/aromatic N) is 7. The van der Waals surface area contributed by atoms with Crippen LogP contribution in [0.1, 0.15) is 67.6 Å². The van der Waals surface area contributed by atoms with E-state index in [1.807, 2.05) is 52.4 Å². The van der Waals surface area contributed by atoms with Crippen LogP contribution in [0.4, 0.5) is 4.79 Å². The fraction of sp³-hybridized carbons (Fsp3) is 0.448. The van der Waals surface area contributed by atoms with Crippen molar-refractivity contribution in [3.63, 3.8) is 0 Å². The number of ether oxygens (including phenoxy) is 1. The van der Waals surface area contributed by atoms with Gasteiger partial charge in [-0.3, -0.25) is 9.48 Å². The highest BCUT2D eigenvalue weighted by Gasteiger charge is 2.30. The Labute approximate surface area is 238 Å². The second-order valence-electron chi connectivity index (χ2n) is 11.3. The number of rotatable bonds is 6. The zero-order valence-electron chi connectivity index (χ0n) is 23.7. The predicted octanol–water partition coefficient (Wildman–Crippen LogP) is 5.35. The topological polar surface area (TPSA) is 108 Å². The van der Waals surface area contributed by atoms with Crippen molar-refractivity contribution < 1.29 is 14.3 Å². The number of benzene rings is 1. The first-order valence-corrected chi connectivity index (χ1v) is 13.9. The van der Waals surface area contributed by atoms with E-state index in [1.165, 1.54) is 0 Å². The van der Waals surface area contributed by atoms with E-state index in [1.54, 1.807) is 34.0 Å². The van der Waals surface area contributed by atoms with Gasteiger partial charge in [0.05, 0.1) is 30.1 Å². The van der Waals surface area contributed by atoms with E-state index in [-0.39, 0.29) is 23.7 Å². The molecule has 10 nitrogen and oxygen atoms in total. The van der Waals surface area contributed by atoms with Crippen LogP contribution in [-0.2, 0) is 30.7 Å². The van der Waals surface area contributed by atoms with Gasteiger partial charge in [-0.25, -0.2) is 19.4 Å². The van der Waals surface area contributed by atoms with E-state index in [9.17, 15) is 9.59 Å². The second-order valence-corrected chi connectivity index (χ2v) is 11.7. The fourth-order valence-electron chi connectivity index (χ4n) is 4.99. The Balaban J connectivity index is 1.51. The number of aryl methyl sites for hydroxylation is 1. The monoisotopic (exact) mass is 563 g/mol. The van der Waals surface area contributed by atoms with Gasteiger partial charge in [0, 0.05) is 35.1 Å². The van der Waals surface area contributed by atoms with Crippen LogP contribution in [0.15, 0.2) is 30.6 Å². The molecule has 1 aromatic carbocycles. The summed E-state index contributed by atoms with van der Waals surface area (Å²) < 4.78 is 9.13. The molecule has 0 aliphatic carbocycles. The predicted molar refractivity (Wildman–Crippen MR) is 152 cm³/mol. The third kappa shape index (κ3) is 5.45. The molecule has 5 rings (SSSR count). The second kappa shape index (κ2) is 10.6.